The first kappa shape index (κ1) is 12.4. The largest absolute Gasteiger partial charge is 0.478 e. The van der Waals surface area contributed by atoms with Crippen molar-refractivity contribution in [3.63, 3.8) is 0 Å². The molecule has 0 bridgehead atoms. The van der Waals surface area contributed by atoms with Crippen molar-refractivity contribution in [3.8, 4) is 5.88 Å². The van der Waals surface area contributed by atoms with E-state index in [-0.39, 0.29) is 0 Å². The highest BCUT2D eigenvalue weighted by atomic mass is 16.5. The second kappa shape index (κ2) is 6.64. The maximum Gasteiger partial charge on any atom is 0.215 e. The Labute approximate surface area is 107 Å². The van der Waals surface area contributed by atoms with Crippen LogP contribution in [0, 0.1) is 0 Å². The van der Waals surface area contributed by atoms with Crippen molar-refractivity contribution in [1.82, 2.24) is 14.5 Å². The number of aryl methyl sites for hydroxylation is 1. The van der Waals surface area contributed by atoms with Gasteiger partial charge >= 0.3 is 0 Å². The third-order valence-corrected chi connectivity index (χ3v) is 2.47. The summed E-state index contributed by atoms with van der Waals surface area (Å²) < 4.78 is 7.41. The summed E-state index contributed by atoms with van der Waals surface area (Å²) in [4.78, 5) is 8.35. The van der Waals surface area contributed by atoms with Gasteiger partial charge in [0.15, 0.2) is 0 Å². The second-order valence-corrected chi connectivity index (χ2v) is 3.87. The smallest absolute Gasteiger partial charge is 0.215 e. The fourth-order valence-corrected chi connectivity index (χ4v) is 1.64. The average molecular weight is 246 g/mol. The molecule has 0 atom stereocenters. The third kappa shape index (κ3) is 3.76. The molecular formula is C13H18N4O. The zero-order valence-electron chi connectivity index (χ0n) is 10.5. The van der Waals surface area contributed by atoms with Crippen LogP contribution >= 0.6 is 0 Å². The summed E-state index contributed by atoms with van der Waals surface area (Å²) in [6.45, 7) is 4.42. The minimum atomic E-state index is 0.636. The molecule has 0 spiro atoms. The number of imidazole rings is 1. The first-order valence-corrected chi connectivity index (χ1v) is 6.18. The summed E-state index contributed by atoms with van der Waals surface area (Å²) >= 11 is 0. The topological polar surface area (TPSA) is 52.0 Å². The van der Waals surface area contributed by atoms with E-state index in [1.165, 1.54) is 0 Å². The highest BCUT2D eigenvalue weighted by Gasteiger charge is 1.97. The molecule has 5 nitrogen and oxygen atoms in total. The van der Waals surface area contributed by atoms with E-state index in [0.29, 0.717) is 12.5 Å². The minimum Gasteiger partial charge on any atom is -0.478 e. The monoisotopic (exact) mass is 246 g/mol. The molecule has 2 rings (SSSR count). The number of rotatable bonds is 7. The Morgan fingerprint density at radius 3 is 3.11 bits per heavy atom. The van der Waals surface area contributed by atoms with Crippen molar-refractivity contribution < 1.29 is 4.74 Å². The number of nitrogens with zero attached hydrogens (tertiary/aromatic N) is 3. The summed E-state index contributed by atoms with van der Waals surface area (Å²) in [5.74, 6) is 1.52. The molecule has 2 aromatic rings. The van der Waals surface area contributed by atoms with Crippen molar-refractivity contribution >= 4 is 5.82 Å². The van der Waals surface area contributed by atoms with Crippen LogP contribution in [-0.4, -0.2) is 27.7 Å². The maximum absolute atomic E-state index is 5.35. The molecule has 0 amide bonds. The van der Waals surface area contributed by atoms with Crippen LogP contribution in [0.5, 0.6) is 5.88 Å². The Morgan fingerprint density at radius 1 is 1.39 bits per heavy atom. The Bertz CT molecular complexity index is 456. The summed E-state index contributed by atoms with van der Waals surface area (Å²) in [5, 5.41) is 3.28. The highest BCUT2D eigenvalue weighted by Crippen LogP contribution is 2.11. The van der Waals surface area contributed by atoms with Gasteiger partial charge in [-0.15, -0.1) is 0 Å². The fourth-order valence-electron chi connectivity index (χ4n) is 1.64. The van der Waals surface area contributed by atoms with Gasteiger partial charge < -0.3 is 14.6 Å². The van der Waals surface area contributed by atoms with Crippen molar-refractivity contribution in [2.75, 3.05) is 18.5 Å². The van der Waals surface area contributed by atoms with Crippen LogP contribution in [0.25, 0.3) is 0 Å². The van der Waals surface area contributed by atoms with Crippen molar-refractivity contribution in [2.24, 2.45) is 0 Å². The molecule has 0 fully saturated rings. The summed E-state index contributed by atoms with van der Waals surface area (Å²) in [6.07, 6.45) is 6.61. The molecule has 0 saturated heterocycles. The molecule has 5 heteroatoms. The van der Waals surface area contributed by atoms with Gasteiger partial charge in [-0.1, -0.05) is 6.07 Å². The zero-order chi connectivity index (χ0) is 12.6. The van der Waals surface area contributed by atoms with Crippen LogP contribution in [0.2, 0.25) is 0 Å². The molecule has 0 aliphatic rings. The normalized spacial score (nSPS) is 10.3. The number of nitrogens with one attached hydrogen (secondary N) is 1. The molecule has 2 aromatic heterocycles. The lowest BCUT2D eigenvalue weighted by molar-refractivity contribution is 0.327. The van der Waals surface area contributed by atoms with Gasteiger partial charge in [-0.3, -0.25) is 0 Å². The quantitative estimate of drug-likeness (QED) is 0.761. The minimum absolute atomic E-state index is 0.636. The number of pyridine rings is 1. The molecule has 0 unspecified atom stereocenters. The van der Waals surface area contributed by atoms with Crippen LogP contribution in [0.1, 0.15) is 13.3 Å². The summed E-state index contributed by atoms with van der Waals surface area (Å²) in [7, 11) is 0. The lowest BCUT2D eigenvalue weighted by Crippen LogP contribution is -2.07. The number of aromatic nitrogens is 3. The van der Waals surface area contributed by atoms with E-state index >= 15 is 0 Å². The van der Waals surface area contributed by atoms with Gasteiger partial charge in [0.1, 0.15) is 5.82 Å². The number of hydrogen-bond donors (Lipinski definition) is 1. The van der Waals surface area contributed by atoms with E-state index in [2.05, 4.69) is 19.9 Å². The van der Waals surface area contributed by atoms with Crippen LogP contribution < -0.4 is 10.1 Å². The van der Waals surface area contributed by atoms with Gasteiger partial charge in [0.05, 0.1) is 12.9 Å². The average Bonchev–Trinajstić information content (AvgIpc) is 2.89. The van der Waals surface area contributed by atoms with E-state index in [9.17, 15) is 0 Å². The fraction of sp³-hybridized carbons (Fsp3) is 0.385. The molecule has 0 aliphatic carbocycles. The van der Waals surface area contributed by atoms with E-state index in [1.807, 2.05) is 37.6 Å². The highest BCUT2D eigenvalue weighted by molar-refractivity contribution is 5.36. The molecule has 0 aromatic carbocycles. The molecule has 0 radical (unpaired) electrons. The zero-order valence-corrected chi connectivity index (χ0v) is 10.5. The number of anilines is 1. The molecule has 2 heterocycles. The van der Waals surface area contributed by atoms with Crippen LogP contribution in [-0.2, 0) is 6.54 Å². The van der Waals surface area contributed by atoms with Crippen molar-refractivity contribution in [2.45, 2.75) is 19.9 Å². The predicted molar refractivity (Wildman–Crippen MR) is 70.7 cm³/mol. The summed E-state index contributed by atoms with van der Waals surface area (Å²) in [6, 6.07) is 5.75. The second-order valence-electron chi connectivity index (χ2n) is 3.87. The molecular weight excluding hydrogens is 228 g/mol. The Hall–Kier alpha value is -2.04. The molecule has 0 saturated carbocycles. The Morgan fingerprint density at radius 2 is 2.33 bits per heavy atom. The van der Waals surface area contributed by atoms with Crippen molar-refractivity contribution in [1.29, 1.82) is 0 Å². The number of hydrogen-bond acceptors (Lipinski definition) is 4. The first-order chi connectivity index (χ1) is 8.88. The lowest BCUT2D eigenvalue weighted by Gasteiger charge is -2.07. The van der Waals surface area contributed by atoms with Gasteiger partial charge in [0, 0.05) is 31.5 Å². The van der Waals surface area contributed by atoms with Gasteiger partial charge in [-0.2, -0.15) is 4.98 Å². The number of ether oxygens (including phenoxy) is 1. The van der Waals surface area contributed by atoms with E-state index in [0.717, 1.165) is 25.3 Å². The summed E-state index contributed by atoms with van der Waals surface area (Å²) in [5.41, 5.74) is 0. The molecule has 18 heavy (non-hydrogen) atoms. The van der Waals surface area contributed by atoms with Gasteiger partial charge in [-0.05, 0) is 19.4 Å². The third-order valence-electron chi connectivity index (χ3n) is 2.47. The molecule has 0 aliphatic heterocycles. The SMILES string of the molecule is CCOc1cccc(NCCCn2ccnc2)n1. The van der Waals surface area contributed by atoms with E-state index in [4.69, 9.17) is 4.74 Å². The van der Waals surface area contributed by atoms with Gasteiger partial charge in [0.2, 0.25) is 5.88 Å². The molecule has 96 valence electrons. The van der Waals surface area contributed by atoms with Crippen molar-refractivity contribution in [3.05, 3.63) is 36.9 Å². The first-order valence-electron chi connectivity index (χ1n) is 6.18. The van der Waals surface area contributed by atoms with Crippen LogP contribution in [0.3, 0.4) is 0 Å². The Kier molecular flexibility index (Phi) is 4.58. The molecule has 1 N–H and O–H groups in total. The van der Waals surface area contributed by atoms with Gasteiger partial charge in [0.25, 0.3) is 0 Å². The lowest BCUT2D eigenvalue weighted by atomic mass is 10.4. The predicted octanol–water partition coefficient (Wildman–Crippen LogP) is 2.18. The Balaban J connectivity index is 1.74. The van der Waals surface area contributed by atoms with Crippen LogP contribution in [0.15, 0.2) is 36.9 Å². The maximum atomic E-state index is 5.35. The van der Waals surface area contributed by atoms with Crippen LogP contribution in [0.4, 0.5) is 5.82 Å². The van der Waals surface area contributed by atoms with Gasteiger partial charge in [-0.25, -0.2) is 4.98 Å². The van der Waals surface area contributed by atoms with E-state index in [1.54, 1.807) is 6.20 Å². The standard InChI is InChI=1S/C13H18N4O/c1-2-18-13-6-3-5-12(16-13)15-7-4-9-17-10-8-14-11-17/h3,5-6,8,10-11H,2,4,7,9H2,1H3,(H,15,16). The van der Waals surface area contributed by atoms with E-state index < -0.39 is 0 Å².